The summed E-state index contributed by atoms with van der Waals surface area (Å²) in [6, 6.07) is 6.89. The zero-order chi connectivity index (χ0) is 19.3. The number of hydrogen-bond acceptors (Lipinski definition) is 4. The molecule has 1 aliphatic heterocycles. The number of likely N-dealkylation sites (tertiary alicyclic amines) is 1. The Labute approximate surface area is 156 Å². The van der Waals surface area contributed by atoms with Crippen LogP contribution in [0.5, 0.6) is 5.75 Å². The van der Waals surface area contributed by atoms with Crippen LogP contribution in [0, 0.1) is 11.8 Å². The van der Waals surface area contributed by atoms with Gasteiger partial charge in [-0.3, -0.25) is 14.5 Å². The highest BCUT2D eigenvalue weighted by molar-refractivity contribution is 5.93. The van der Waals surface area contributed by atoms with E-state index in [0.717, 1.165) is 19.5 Å². The van der Waals surface area contributed by atoms with E-state index in [0.29, 0.717) is 23.3 Å². The Hall–Kier alpha value is -2.08. The standard InChI is InChI=1S/C20H31N3O3/c1-14-9-15(2)12-23(11-14)20(25)16(3)22(4)13-19(24)21-17-7-6-8-18(10-17)26-5/h6-8,10,14-16H,9,11-13H2,1-5H3,(H,21,24)/t14-,15+,16-/m1/s1. The Balaban J connectivity index is 1.89. The third kappa shape index (κ3) is 5.46. The van der Waals surface area contributed by atoms with Gasteiger partial charge in [-0.2, -0.15) is 0 Å². The summed E-state index contributed by atoms with van der Waals surface area (Å²) in [5.74, 6) is 1.68. The fourth-order valence-electron chi connectivity index (χ4n) is 3.56. The van der Waals surface area contributed by atoms with Gasteiger partial charge in [0, 0.05) is 24.8 Å². The number of nitrogens with one attached hydrogen (secondary N) is 1. The molecule has 1 aliphatic rings. The molecule has 0 radical (unpaired) electrons. The Morgan fingerprint density at radius 1 is 1.31 bits per heavy atom. The molecule has 1 aromatic rings. The molecule has 1 N–H and O–H groups in total. The maximum Gasteiger partial charge on any atom is 0.239 e. The van der Waals surface area contributed by atoms with Gasteiger partial charge in [0.25, 0.3) is 0 Å². The highest BCUT2D eigenvalue weighted by atomic mass is 16.5. The Morgan fingerprint density at radius 3 is 2.58 bits per heavy atom. The predicted molar refractivity (Wildman–Crippen MR) is 103 cm³/mol. The lowest BCUT2D eigenvalue weighted by molar-refractivity contribution is -0.139. The smallest absolute Gasteiger partial charge is 0.239 e. The number of hydrogen-bond donors (Lipinski definition) is 1. The third-order valence-electron chi connectivity index (χ3n) is 4.95. The lowest BCUT2D eigenvalue weighted by Crippen LogP contribution is -2.51. The Bertz CT molecular complexity index is 624. The van der Waals surface area contributed by atoms with E-state index in [-0.39, 0.29) is 24.4 Å². The molecule has 144 valence electrons. The van der Waals surface area contributed by atoms with Crippen LogP contribution in [-0.2, 0) is 9.59 Å². The van der Waals surface area contributed by atoms with Crippen molar-refractivity contribution in [2.75, 3.05) is 39.1 Å². The molecule has 0 spiro atoms. The summed E-state index contributed by atoms with van der Waals surface area (Å²) in [7, 11) is 3.40. The zero-order valence-electron chi connectivity index (χ0n) is 16.5. The van der Waals surface area contributed by atoms with Crippen LogP contribution in [0.4, 0.5) is 5.69 Å². The second-order valence-corrected chi connectivity index (χ2v) is 7.56. The van der Waals surface area contributed by atoms with Crippen LogP contribution < -0.4 is 10.1 Å². The highest BCUT2D eigenvalue weighted by Crippen LogP contribution is 2.22. The SMILES string of the molecule is COc1cccc(NC(=O)CN(C)[C@H](C)C(=O)N2C[C@H](C)C[C@H](C)C2)c1. The van der Waals surface area contributed by atoms with E-state index in [4.69, 9.17) is 4.74 Å². The van der Waals surface area contributed by atoms with Crippen molar-refractivity contribution in [3.63, 3.8) is 0 Å². The summed E-state index contributed by atoms with van der Waals surface area (Å²) in [6.45, 7) is 8.00. The molecule has 0 saturated carbocycles. The predicted octanol–water partition coefficient (Wildman–Crippen LogP) is 2.46. The summed E-state index contributed by atoms with van der Waals surface area (Å²) in [6.07, 6.45) is 1.16. The van der Waals surface area contributed by atoms with Gasteiger partial charge < -0.3 is 15.0 Å². The largest absolute Gasteiger partial charge is 0.497 e. The van der Waals surface area contributed by atoms with E-state index >= 15 is 0 Å². The number of benzene rings is 1. The Morgan fingerprint density at radius 2 is 1.96 bits per heavy atom. The molecule has 0 aromatic heterocycles. The molecule has 6 heteroatoms. The minimum atomic E-state index is -0.330. The van der Waals surface area contributed by atoms with Crippen LogP contribution in [0.2, 0.25) is 0 Å². The number of amides is 2. The number of carbonyl (C=O) groups is 2. The van der Waals surface area contributed by atoms with Crippen molar-refractivity contribution in [3.8, 4) is 5.75 Å². The summed E-state index contributed by atoms with van der Waals surface area (Å²) < 4.78 is 5.16. The number of piperidine rings is 1. The molecule has 2 amide bonds. The molecular formula is C20H31N3O3. The maximum atomic E-state index is 12.8. The third-order valence-corrected chi connectivity index (χ3v) is 4.95. The lowest BCUT2D eigenvalue weighted by Gasteiger charge is -2.38. The van der Waals surface area contributed by atoms with Crippen LogP contribution in [0.1, 0.15) is 27.2 Å². The number of likely N-dealkylation sites (N-methyl/N-ethyl adjacent to an activating group) is 1. The number of nitrogens with zero attached hydrogens (tertiary/aromatic N) is 2. The van der Waals surface area contributed by atoms with Gasteiger partial charge in [0.15, 0.2) is 0 Å². The monoisotopic (exact) mass is 361 g/mol. The van der Waals surface area contributed by atoms with Crippen LogP contribution in [0.25, 0.3) is 0 Å². The normalized spacial score (nSPS) is 21.4. The number of carbonyl (C=O) groups excluding carboxylic acids is 2. The summed E-state index contributed by atoms with van der Waals surface area (Å²) in [4.78, 5) is 28.8. The minimum Gasteiger partial charge on any atom is -0.497 e. The number of methoxy groups -OCH3 is 1. The van der Waals surface area contributed by atoms with Gasteiger partial charge in [0.05, 0.1) is 19.7 Å². The van der Waals surface area contributed by atoms with Crippen LogP contribution in [0.3, 0.4) is 0 Å². The fourth-order valence-corrected chi connectivity index (χ4v) is 3.56. The molecule has 1 aromatic carbocycles. The molecule has 1 heterocycles. The number of ether oxygens (including phenoxy) is 1. The first-order valence-corrected chi connectivity index (χ1v) is 9.23. The first kappa shape index (κ1) is 20.2. The molecule has 1 fully saturated rings. The summed E-state index contributed by atoms with van der Waals surface area (Å²) in [5.41, 5.74) is 0.681. The summed E-state index contributed by atoms with van der Waals surface area (Å²) >= 11 is 0. The second kappa shape index (κ2) is 9.03. The summed E-state index contributed by atoms with van der Waals surface area (Å²) in [5, 5.41) is 2.85. The molecule has 1 saturated heterocycles. The fraction of sp³-hybridized carbons (Fsp3) is 0.600. The highest BCUT2D eigenvalue weighted by Gasteiger charge is 2.30. The van der Waals surface area contributed by atoms with Crippen molar-refractivity contribution in [2.24, 2.45) is 11.8 Å². The molecule has 3 atom stereocenters. The van der Waals surface area contributed by atoms with E-state index < -0.39 is 0 Å². The van der Waals surface area contributed by atoms with E-state index in [1.165, 1.54) is 0 Å². The maximum absolute atomic E-state index is 12.8. The van der Waals surface area contributed by atoms with Crippen LogP contribution in [0.15, 0.2) is 24.3 Å². The molecule has 0 unspecified atom stereocenters. The van der Waals surface area contributed by atoms with Crippen molar-refractivity contribution >= 4 is 17.5 Å². The van der Waals surface area contributed by atoms with Crippen molar-refractivity contribution in [1.82, 2.24) is 9.80 Å². The molecular weight excluding hydrogens is 330 g/mol. The Kier molecular flexibility index (Phi) is 7.03. The molecule has 26 heavy (non-hydrogen) atoms. The number of anilines is 1. The van der Waals surface area contributed by atoms with Crippen LogP contribution in [-0.4, -0.2) is 61.4 Å². The minimum absolute atomic E-state index is 0.0973. The van der Waals surface area contributed by atoms with Gasteiger partial charge in [-0.1, -0.05) is 19.9 Å². The topological polar surface area (TPSA) is 61.9 Å². The van der Waals surface area contributed by atoms with Gasteiger partial charge in [-0.15, -0.1) is 0 Å². The first-order valence-electron chi connectivity index (χ1n) is 9.23. The molecule has 6 nitrogen and oxygen atoms in total. The van der Waals surface area contributed by atoms with Crippen molar-refractivity contribution in [1.29, 1.82) is 0 Å². The van der Waals surface area contributed by atoms with Crippen molar-refractivity contribution < 1.29 is 14.3 Å². The second-order valence-electron chi connectivity index (χ2n) is 7.56. The first-order chi connectivity index (χ1) is 12.3. The molecule has 0 bridgehead atoms. The van der Waals surface area contributed by atoms with E-state index in [2.05, 4.69) is 19.2 Å². The van der Waals surface area contributed by atoms with Gasteiger partial charge in [-0.05, 0) is 44.4 Å². The van der Waals surface area contributed by atoms with Gasteiger partial charge >= 0.3 is 0 Å². The zero-order valence-corrected chi connectivity index (χ0v) is 16.5. The molecule has 2 rings (SSSR count). The van der Waals surface area contributed by atoms with Gasteiger partial charge in [0.1, 0.15) is 5.75 Å². The van der Waals surface area contributed by atoms with Crippen molar-refractivity contribution in [3.05, 3.63) is 24.3 Å². The average molecular weight is 361 g/mol. The quantitative estimate of drug-likeness (QED) is 0.845. The lowest BCUT2D eigenvalue weighted by atomic mass is 9.91. The van der Waals surface area contributed by atoms with E-state index in [1.54, 1.807) is 18.1 Å². The van der Waals surface area contributed by atoms with E-state index in [9.17, 15) is 9.59 Å². The van der Waals surface area contributed by atoms with Gasteiger partial charge in [-0.25, -0.2) is 0 Å². The van der Waals surface area contributed by atoms with Crippen LogP contribution >= 0.6 is 0 Å². The number of rotatable bonds is 6. The van der Waals surface area contributed by atoms with E-state index in [1.807, 2.05) is 37.1 Å². The van der Waals surface area contributed by atoms with Gasteiger partial charge in [0.2, 0.25) is 11.8 Å². The molecule has 0 aliphatic carbocycles. The van der Waals surface area contributed by atoms with Crippen molar-refractivity contribution in [2.45, 2.75) is 33.2 Å². The average Bonchev–Trinajstić information content (AvgIpc) is 2.59.